The number of nitrogens with one attached hydrogen (secondary N) is 1. The summed E-state index contributed by atoms with van der Waals surface area (Å²) in [6, 6.07) is 9.27. The third-order valence-electron chi connectivity index (χ3n) is 3.01. The lowest BCUT2D eigenvalue weighted by Crippen LogP contribution is -2.34. The van der Waals surface area contributed by atoms with E-state index in [4.69, 9.17) is 10.5 Å². The number of nitrogens with two attached hydrogens (primary N) is 1. The van der Waals surface area contributed by atoms with Gasteiger partial charge in [0.15, 0.2) is 0 Å². The molecule has 0 spiro atoms. The molecule has 0 aromatic heterocycles. The number of rotatable bonds is 3. The van der Waals surface area contributed by atoms with Crippen LogP contribution in [0.4, 0.5) is 0 Å². The molecule has 0 unspecified atom stereocenters. The Kier molecular flexibility index (Phi) is 4.75. The predicted molar refractivity (Wildman–Crippen MR) is 73.4 cm³/mol. The quantitative estimate of drug-likeness (QED) is 0.771. The first-order chi connectivity index (χ1) is 9.65. The van der Waals surface area contributed by atoms with Crippen LogP contribution in [0.15, 0.2) is 30.3 Å². The molecule has 0 bridgehead atoms. The summed E-state index contributed by atoms with van der Waals surface area (Å²) < 4.78 is 5.40. The molecule has 5 heteroatoms. The van der Waals surface area contributed by atoms with Crippen molar-refractivity contribution in [2.45, 2.75) is 25.0 Å². The van der Waals surface area contributed by atoms with Crippen LogP contribution >= 0.6 is 0 Å². The van der Waals surface area contributed by atoms with Gasteiger partial charge in [0.05, 0.1) is 6.10 Å². The Labute approximate surface area is 117 Å². The molecule has 1 aromatic rings. The number of carbonyl (C=O) groups excluding carboxylic acids is 2. The van der Waals surface area contributed by atoms with Gasteiger partial charge in [0, 0.05) is 18.0 Å². The van der Waals surface area contributed by atoms with Gasteiger partial charge in [0.2, 0.25) is 5.91 Å². The molecule has 0 saturated carbocycles. The summed E-state index contributed by atoms with van der Waals surface area (Å²) in [5, 5.41) is 2.66. The number of benzene rings is 1. The van der Waals surface area contributed by atoms with Crippen LogP contribution in [0.3, 0.4) is 0 Å². The fourth-order valence-corrected chi connectivity index (χ4v) is 1.97. The fourth-order valence-electron chi connectivity index (χ4n) is 1.97. The number of hydrogen-bond donors (Lipinski definition) is 2. The molecule has 1 saturated heterocycles. The van der Waals surface area contributed by atoms with Gasteiger partial charge >= 0.3 is 0 Å². The van der Waals surface area contributed by atoms with Gasteiger partial charge in [-0.3, -0.25) is 9.59 Å². The number of ether oxygens (including phenoxy) is 1. The molecule has 2 rings (SSSR count). The van der Waals surface area contributed by atoms with Crippen LogP contribution in [-0.2, 0) is 14.3 Å². The average molecular weight is 272 g/mol. The number of hydrogen-bond acceptors (Lipinski definition) is 3. The molecule has 2 amide bonds. The molecular weight excluding hydrogens is 256 g/mol. The highest BCUT2D eigenvalue weighted by Gasteiger charge is 2.28. The minimum Gasteiger partial charge on any atom is -0.367 e. The monoisotopic (exact) mass is 272 g/mol. The van der Waals surface area contributed by atoms with E-state index in [2.05, 4.69) is 17.2 Å². The SMILES string of the molecule is NC(=O)[C@H]1CC[C@@H](CNC(=O)C#Cc2ccccc2)O1. The van der Waals surface area contributed by atoms with Crippen molar-refractivity contribution < 1.29 is 14.3 Å². The van der Waals surface area contributed by atoms with Crippen LogP contribution in [0.1, 0.15) is 18.4 Å². The van der Waals surface area contributed by atoms with Gasteiger partial charge in [0.25, 0.3) is 5.91 Å². The largest absolute Gasteiger partial charge is 0.367 e. The summed E-state index contributed by atoms with van der Waals surface area (Å²) in [6.45, 7) is 0.339. The second kappa shape index (κ2) is 6.73. The van der Waals surface area contributed by atoms with Gasteiger partial charge in [-0.25, -0.2) is 0 Å². The van der Waals surface area contributed by atoms with E-state index in [1.807, 2.05) is 30.3 Å². The Morgan fingerprint density at radius 3 is 2.70 bits per heavy atom. The highest BCUT2D eigenvalue weighted by Crippen LogP contribution is 2.18. The van der Waals surface area contributed by atoms with Crippen molar-refractivity contribution >= 4 is 11.8 Å². The summed E-state index contributed by atoms with van der Waals surface area (Å²) in [6.07, 6.45) is 0.605. The van der Waals surface area contributed by atoms with Crippen molar-refractivity contribution in [1.29, 1.82) is 0 Å². The number of carbonyl (C=O) groups is 2. The first-order valence-electron chi connectivity index (χ1n) is 6.45. The Balaban J connectivity index is 1.77. The molecule has 1 heterocycles. The number of primary amides is 1. The predicted octanol–water partition coefficient (Wildman–Crippen LogP) is 0.187. The normalized spacial score (nSPS) is 20.8. The zero-order chi connectivity index (χ0) is 14.4. The molecule has 3 N–H and O–H groups in total. The molecule has 1 aliphatic heterocycles. The van der Waals surface area contributed by atoms with Crippen molar-refractivity contribution in [3.63, 3.8) is 0 Å². The molecule has 5 nitrogen and oxygen atoms in total. The minimum atomic E-state index is -0.535. The van der Waals surface area contributed by atoms with Gasteiger partial charge in [-0.05, 0) is 25.0 Å². The van der Waals surface area contributed by atoms with Crippen LogP contribution in [-0.4, -0.2) is 30.6 Å². The van der Waals surface area contributed by atoms with Crippen LogP contribution in [0, 0.1) is 11.8 Å². The molecule has 2 atom stereocenters. The van der Waals surface area contributed by atoms with E-state index in [9.17, 15) is 9.59 Å². The molecule has 20 heavy (non-hydrogen) atoms. The van der Waals surface area contributed by atoms with Crippen LogP contribution < -0.4 is 11.1 Å². The van der Waals surface area contributed by atoms with E-state index < -0.39 is 12.0 Å². The average Bonchev–Trinajstić information content (AvgIpc) is 2.93. The Hall–Kier alpha value is -2.32. The van der Waals surface area contributed by atoms with Crippen molar-refractivity contribution in [2.24, 2.45) is 5.73 Å². The minimum absolute atomic E-state index is 0.171. The summed E-state index contributed by atoms with van der Waals surface area (Å²) >= 11 is 0. The van der Waals surface area contributed by atoms with E-state index in [-0.39, 0.29) is 12.0 Å². The van der Waals surface area contributed by atoms with Crippen molar-refractivity contribution in [2.75, 3.05) is 6.54 Å². The lowest BCUT2D eigenvalue weighted by atomic mass is 10.2. The molecule has 1 fully saturated rings. The lowest BCUT2D eigenvalue weighted by molar-refractivity contribution is -0.128. The van der Waals surface area contributed by atoms with Gasteiger partial charge in [-0.2, -0.15) is 0 Å². The van der Waals surface area contributed by atoms with E-state index in [0.29, 0.717) is 19.4 Å². The highest BCUT2D eigenvalue weighted by molar-refractivity contribution is 5.94. The van der Waals surface area contributed by atoms with Gasteiger partial charge < -0.3 is 15.8 Å². The van der Waals surface area contributed by atoms with Crippen molar-refractivity contribution in [3.05, 3.63) is 35.9 Å². The first-order valence-corrected chi connectivity index (χ1v) is 6.45. The molecular formula is C15H16N2O3. The lowest BCUT2D eigenvalue weighted by Gasteiger charge is -2.11. The van der Waals surface area contributed by atoms with Crippen LogP contribution in [0.25, 0.3) is 0 Å². The van der Waals surface area contributed by atoms with E-state index in [1.54, 1.807) is 0 Å². The molecule has 0 aliphatic carbocycles. The summed E-state index contributed by atoms with van der Waals surface area (Å²) in [5.41, 5.74) is 5.94. The van der Waals surface area contributed by atoms with E-state index in [0.717, 1.165) is 5.56 Å². The van der Waals surface area contributed by atoms with Crippen LogP contribution in [0.5, 0.6) is 0 Å². The van der Waals surface area contributed by atoms with Gasteiger partial charge in [0.1, 0.15) is 6.10 Å². The Morgan fingerprint density at radius 1 is 1.30 bits per heavy atom. The zero-order valence-corrected chi connectivity index (χ0v) is 11.0. The topological polar surface area (TPSA) is 81.4 Å². The highest BCUT2D eigenvalue weighted by atomic mass is 16.5. The van der Waals surface area contributed by atoms with E-state index >= 15 is 0 Å². The Bertz CT molecular complexity index is 545. The fraction of sp³-hybridized carbons (Fsp3) is 0.333. The maximum Gasteiger partial charge on any atom is 0.296 e. The van der Waals surface area contributed by atoms with Crippen molar-refractivity contribution in [1.82, 2.24) is 5.32 Å². The Morgan fingerprint density at radius 2 is 2.05 bits per heavy atom. The third kappa shape index (κ3) is 4.11. The zero-order valence-electron chi connectivity index (χ0n) is 11.0. The maximum absolute atomic E-state index is 11.6. The summed E-state index contributed by atoms with van der Waals surface area (Å²) in [4.78, 5) is 22.5. The standard InChI is InChI=1S/C15H16N2O3/c16-15(19)13-8-7-12(20-13)10-17-14(18)9-6-11-4-2-1-3-5-11/h1-5,12-13H,7-8,10H2,(H2,16,19)(H,17,18)/t12-,13+/m0/s1. The second-order valence-electron chi connectivity index (χ2n) is 4.55. The first kappa shape index (κ1) is 14.1. The molecule has 1 aliphatic rings. The van der Waals surface area contributed by atoms with Crippen LogP contribution in [0.2, 0.25) is 0 Å². The van der Waals surface area contributed by atoms with E-state index in [1.165, 1.54) is 0 Å². The third-order valence-corrected chi connectivity index (χ3v) is 3.01. The summed E-state index contributed by atoms with van der Waals surface area (Å²) in [7, 11) is 0. The maximum atomic E-state index is 11.6. The molecule has 104 valence electrons. The second-order valence-corrected chi connectivity index (χ2v) is 4.55. The molecule has 1 aromatic carbocycles. The summed E-state index contributed by atoms with van der Waals surface area (Å²) in [5.74, 6) is 4.46. The number of amides is 2. The molecule has 0 radical (unpaired) electrons. The smallest absolute Gasteiger partial charge is 0.296 e. The van der Waals surface area contributed by atoms with Crippen molar-refractivity contribution in [3.8, 4) is 11.8 Å². The van der Waals surface area contributed by atoms with Gasteiger partial charge in [-0.1, -0.05) is 24.1 Å². The van der Waals surface area contributed by atoms with Gasteiger partial charge in [-0.15, -0.1) is 0 Å².